The first-order valence-corrected chi connectivity index (χ1v) is 11.9. The maximum Gasteiger partial charge on any atom is 0.256 e. The topological polar surface area (TPSA) is 8.81 Å². The Balaban J connectivity index is 2.04. The summed E-state index contributed by atoms with van der Waals surface area (Å²) < 4.78 is 4.98. The molecule has 152 valence electrons. The molecule has 0 unspecified atom stereocenters. The summed E-state index contributed by atoms with van der Waals surface area (Å²) in [5, 5.41) is 0. The SMILES string of the molecule is CCCCCCCCCCCCCCn1cc[n+](CCCCC)c1CC. The van der Waals surface area contributed by atoms with Crippen LogP contribution in [-0.2, 0) is 19.5 Å². The molecule has 2 nitrogen and oxygen atoms in total. The third-order valence-corrected chi connectivity index (χ3v) is 5.66. The van der Waals surface area contributed by atoms with Crippen molar-refractivity contribution in [3.05, 3.63) is 18.2 Å². The Hall–Kier alpha value is -0.790. The van der Waals surface area contributed by atoms with Crippen molar-refractivity contribution in [1.82, 2.24) is 4.57 Å². The van der Waals surface area contributed by atoms with E-state index in [1.165, 1.54) is 115 Å². The van der Waals surface area contributed by atoms with Crippen LogP contribution in [0.4, 0.5) is 0 Å². The van der Waals surface area contributed by atoms with Crippen molar-refractivity contribution in [1.29, 1.82) is 0 Å². The predicted molar refractivity (Wildman–Crippen MR) is 115 cm³/mol. The van der Waals surface area contributed by atoms with E-state index in [0.29, 0.717) is 0 Å². The summed E-state index contributed by atoms with van der Waals surface area (Å²) in [7, 11) is 0. The molecular formula is C24H47N2+. The van der Waals surface area contributed by atoms with Crippen molar-refractivity contribution in [3.63, 3.8) is 0 Å². The first-order chi connectivity index (χ1) is 12.8. The van der Waals surface area contributed by atoms with E-state index in [1.807, 2.05) is 0 Å². The molecule has 0 bridgehead atoms. The Morgan fingerprint density at radius 2 is 1.15 bits per heavy atom. The number of rotatable bonds is 18. The molecule has 0 radical (unpaired) electrons. The number of imidazole rings is 1. The standard InChI is InChI=1S/C24H47N2/c1-4-7-9-10-11-12-13-14-15-16-17-19-21-26-23-22-25(24(26)6-3)20-18-8-5-2/h22-23H,4-21H2,1-3H3/q+1. The van der Waals surface area contributed by atoms with Gasteiger partial charge in [-0.1, -0.05) is 91.4 Å². The maximum atomic E-state index is 2.50. The number of aryl methyl sites for hydroxylation is 2. The second-order valence-corrected chi connectivity index (χ2v) is 8.05. The molecule has 0 aliphatic heterocycles. The number of hydrogen-bond acceptors (Lipinski definition) is 0. The van der Waals surface area contributed by atoms with E-state index in [1.54, 1.807) is 0 Å². The second-order valence-electron chi connectivity index (χ2n) is 8.05. The summed E-state index contributed by atoms with van der Waals surface area (Å²) in [5.74, 6) is 1.52. The lowest BCUT2D eigenvalue weighted by atomic mass is 10.1. The Bertz CT molecular complexity index is 422. The van der Waals surface area contributed by atoms with Gasteiger partial charge in [-0.15, -0.1) is 0 Å². The molecule has 0 aliphatic carbocycles. The summed E-state index contributed by atoms with van der Waals surface area (Å²) in [5.41, 5.74) is 0. The van der Waals surface area contributed by atoms with Gasteiger partial charge in [0.25, 0.3) is 5.82 Å². The summed E-state index contributed by atoms with van der Waals surface area (Å²) in [6.07, 6.45) is 26.9. The zero-order chi connectivity index (χ0) is 18.9. The average molecular weight is 364 g/mol. The smallest absolute Gasteiger partial charge is 0.234 e. The van der Waals surface area contributed by atoms with Crippen LogP contribution in [0.25, 0.3) is 0 Å². The number of aromatic nitrogens is 2. The van der Waals surface area contributed by atoms with Crippen LogP contribution < -0.4 is 4.57 Å². The Morgan fingerprint density at radius 3 is 1.69 bits per heavy atom. The molecule has 0 N–H and O–H groups in total. The number of unbranched alkanes of at least 4 members (excludes halogenated alkanes) is 13. The second kappa shape index (κ2) is 16.4. The van der Waals surface area contributed by atoms with Crippen LogP contribution >= 0.6 is 0 Å². The summed E-state index contributed by atoms with van der Waals surface area (Å²) >= 11 is 0. The van der Waals surface area contributed by atoms with Crippen molar-refractivity contribution in [2.24, 2.45) is 0 Å². The van der Waals surface area contributed by atoms with Gasteiger partial charge in [-0.3, -0.25) is 0 Å². The van der Waals surface area contributed by atoms with Crippen molar-refractivity contribution in [2.45, 2.75) is 137 Å². The van der Waals surface area contributed by atoms with Crippen LogP contribution in [0.1, 0.15) is 123 Å². The monoisotopic (exact) mass is 363 g/mol. The van der Waals surface area contributed by atoms with Gasteiger partial charge in [0.05, 0.1) is 13.1 Å². The van der Waals surface area contributed by atoms with Crippen molar-refractivity contribution < 1.29 is 4.57 Å². The Kier molecular flexibility index (Phi) is 14.7. The molecule has 2 heteroatoms. The van der Waals surface area contributed by atoms with Crippen LogP contribution in [0.3, 0.4) is 0 Å². The van der Waals surface area contributed by atoms with E-state index in [-0.39, 0.29) is 0 Å². The Labute approximate surface area is 164 Å². The molecule has 1 rings (SSSR count). The molecule has 0 saturated carbocycles. The van der Waals surface area contributed by atoms with Crippen LogP contribution in [0.15, 0.2) is 12.4 Å². The summed E-state index contributed by atoms with van der Waals surface area (Å²) in [6.45, 7) is 9.28. The fourth-order valence-corrected chi connectivity index (χ4v) is 3.97. The van der Waals surface area contributed by atoms with E-state index >= 15 is 0 Å². The molecule has 0 amide bonds. The highest BCUT2D eigenvalue weighted by atomic mass is 15.1. The maximum absolute atomic E-state index is 2.50. The quantitative estimate of drug-likeness (QED) is 0.192. The number of nitrogens with zero attached hydrogens (tertiary/aromatic N) is 2. The molecule has 1 aromatic heterocycles. The summed E-state index contributed by atoms with van der Waals surface area (Å²) in [4.78, 5) is 0. The minimum absolute atomic E-state index is 1.15. The van der Waals surface area contributed by atoms with E-state index in [9.17, 15) is 0 Å². The normalized spacial score (nSPS) is 11.3. The zero-order valence-electron chi connectivity index (χ0n) is 18.3. The lowest BCUT2D eigenvalue weighted by Gasteiger charge is -2.04. The van der Waals surface area contributed by atoms with Gasteiger partial charge >= 0.3 is 0 Å². The molecule has 1 aromatic rings. The minimum Gasteiger partial charge on any atom is -0.234 e. The molecule has 1 heterocycles. The molecular weight excluding hydrogens is 316 g/mol. The van der Waals surface area contributed by atoms with Crippen LogP contribution in [-0.4, -0.2) is 4.57 Å². The average Bonchev–Trinajstić information content (AvgIpc) is 3.04. The molecule has 26 heavy (non-hydrogen) atoms. The van der Waals surface area contributed by atoms with Gasteiger partial charge < -0.3 is 0 Å². The highest BCUT2D eigenvalue weighted by Crippen LogP contribution is 2.12. The first kappa shape index (κ1) is 23.2. The largest absolute Gasteiger partial charge is 0.256 e. The molecule has 0 aliphatic rings. The fourth-order valence-electron chi connectivity index (χ4n) is 3.97. The van der Waals surface area contributed by atoms with Crippen LogP contribution in [0.2, 0.25) is 0 Å². The molecule has 0 saturated heterocycles. The van der Waals surface area contributed by atoms with Crippen molar-refractivity contribution in [3.8, 4) is 0 Å². The fraction of sp³-hybridized carbons (Fsp3) is 0.875. The third kappa shape index (κ3) is 10.4. The van der Waals surface area contributed by atoms with Gasteiger partial charge in [-0.2, -0.15) is 0 Å². The third-order valence-electron chi connectivity index (χ3n) is 5.66. The highest BCUT2D eigenvalue weighted by molar-refractivity contribution is 4.83. The van der Waals surface area contributed by atoms with Gasteiger partial charge in [0, 0.05) is 6.42 Å². The lowest BCUT2D eigenvalue weighted by molar-refractivity contribution is -0.704. The zero-order valence-corrected chi connectivity index (χ0v) is 18.3. The van der Waals surface area contributed by atoms with Crippen molar-refractivity contribution >= 4 is 0 Å². The van der Waals surface area contributed by atoms with Gasteiger partial charge in [0.15, 0.2) is 0 Å². The van der Waals surface area contributed by atoms with Gasteiger partial charge in [-0.25, -0.2) is 9.13 Å². The molecule has 0 aromatic carbocycles. The number of hydrogen-bond donors (Lipinski definition) is 0. The van der Waals surface area contributed by atoms with E-state index in [0.717, 1.165) is 6.42 Å². The van der Waals surface area contributed by atoms with Gasteiger partial charge in [0.1, 0.15) is 12.4 Å². The minimum atomic E-state index is 1.15. The van der Waals surface area contributed by atoms with E-state index in [4.69, 9.17) is 0 Å². The molecule has 0 fully saturated rings. The Morgan fingerprint density at radius 1 is 0.654 bits per heavy atom. The van der Waals surface area contributed by atoms with E-state index < -0.39 is 0 Å². The van der Waals surface area contributed by atoms with Gasteiger partial charge in [0.2, 0.25) is 0 Å². The predicted octanol–water partition coefficient (Wildman–Crippen LogP) is 7.23. The highest BCUT2D eigenvalue weighted by Gasteiger charge is 2.14. The van der Waals surface area contributed by atoms with Crippen LogP contribution in [0.5, 0.6) is 0 Å². The van der Waals surface area contributed by atoms with Crippen molar-refractivity contribution in [2.75, 3.05) is 0 Å². The molecule has 0 atom stereocenters. The summed E-state index contributed by atoms with van der Waals surface area (Å²) in [6, 6.07) is 0. The van der Waals surface area contributed by atoms with Crippen LogP contribution in [0, 0.1) is 0 Å². The van der Waals surface area contributed by atoms with Gasteiger partial charge in [-0.05, 0) is 25.7 Å². The molecule has 0 spiro atoms. The first-order valence-electron chi connectivity index (χ1n) is 11.9. The van der Waals surface area contributed by atoms with E-state index in [2.05, 4.69) is 42.3 Å². The lowest BCUT2D eigenvalue weighted by Crippen LogP contribution is -2.37.